The Hall–Kier alpha value is -4.78. The van der Waals surface area contributed by atoms with Gasteiger partial charge >= 0.3 is 0 Å². The van der Waals surface area contributed by atoms with Crippen LogP contribution in [0.3, 0.4) is 0 Å². The fourth-order valence-corrected chi connectivity index (χ4v) is 6.65. The molecule has 1 heterocycles. The highest BCUT2D eigenvalue weighted by atomic mass is 32.2. The monoisotopic (exact) mass is 592 g/mol. The second-order valence-corrected chi connectivity index (χ2v) is 13.2. The minimum absolute atomic E-state index is 0.174. The van der Waals surface area contributed by atoms with Crippen molar-refractivity contribution in [2.24, 2.45) is 5.16 Å². The van der Waals surface area contributed by atoms with Crippen molar-refractivity contribution >= 4 is 27.3 Å². The van der Waals surface area contributed by atoms with Crippen LogP contribution in [0.1, 0.15) is 43.9 Å². The maximum atomic E-state index is 13.9. The average molecular weight is 593 g/mol. The Balaban J connectivity index is 1.40. The lowest BCUT2D eigenvalue weighted by atomic mass is 9.87. The van der Waals surface area contributed by atoms with Crippen molar-refractivity contribution in [1.29, 1.82) is 5.26 Å². The SMILES string of the molecule is CC(C)(C)NS(=O)(=O)c1ccccc1-c1ccc(NC(=O)C2(Cc3ccccc3)CC(c3cccc(C#N)c3)=NO2)cc1. The summed E-state index contributed by atoms with van der Waals surface area (Å²) >= 11 is 0. The molecule has 0 saturated heterocycles. The Morgan fingerprint density at radius 2 is 1.63 bits per heavy atom. The van der Waals surface area contributed by atoms with E-state index in [1.807, 2.05) is 36.4 Å². The fraction of sp³-hybridized carbons (Fsp3) is 0.206. The molecule has 0 spiro atoms. The predicted molar refractivity (Wildman–Crippen MR) is 167 cm³/mol. The third-order valence-corrected chi connectivity index (χ3v) is 8.74. The first-order valence-corrected chi connectivity index (χ1v) is 15.3. The topological polar surface area (TPSA) is 121 Å². The summed E-state index contributed by atoms with van der Waals surface area (Å²) in [5.41, 5.74) is 2.53. The molecule has 5 rings (SSSR count). The number of carbonyl (C=O) groups excluding carboxylic acids is 1. The summed E-state index contributed by atoms with van der Waals surface area (Å²) in [4.78, 5) is 20.0. The van der Waals surface area contributed by atoms with Gasteiger partial charge in [-0.25, -0.2) is 13.1 Å². The van der Waals surface area contributed by atoms with Crippen LogP contribution in [0.4, 0.5) is 5.69 Å². The van der Waals surface area contributed by atoms with Gasteiger partial charge in [0, 0.05) is 35.2 Å². The van der Waals surface area contributed by atoms with Crippen LogP contribution in [0.25, 0.3) is 11.1 Å². The molecular weight excluding hydrogens is 560 g/mol. The molecule has 2 N–H and O–H groups in total. The van der Waals surface area contributed by atoms with E-state index in [1.54, 1.807) is 87.5 Å². The number of anilines is 1. The lowest BCUT2D eigenvalue weighted by Gasteiger charge is -2.26. The third-order valence-electron chi connectivity index (χ3n) is 6.93. The standard InChI is InChI=1S/C34H32N4O4S/c1-33(2,3)38-43(40,41)31-15-8-7-14-29(31)26-16-18-28(19-17-26)36-32(39)34(21-24-10-5-4-6-11-24)22-30(37-42-34)27-13-9-12-25(20-27)23-35/h4-20,38H,21-22H2,1-3H3,(H,36,39). The molecule has 0 aromatic heterocycles. The van der Waals surface area contributed by atoms with Gasteiger partial charge in [0.25, 0.3) is 5.91 Å². The van der Waals surface area contributed by atoms with Crippen molar-refractivity contribution in [3.63, 3.8) is 0 Å². The minimum Gasteiger partial charge on any atom is -0.378 e. The summed E-state index contributed by atoms with van der Waals surface area (Å²) in [6.07, 6.45) is 0.501. The van der Waals surface area contributed by atoms with Gasteiger partial charge in [-0.1, -0.05) is 78.0 Å². The Morgan fingerprint density at radius 3 is 2.33 bits per heavy atom. The van der Waals surface area contributed by atoms with Crippen molar-refractivity contribution in [3.05, 3.63) is 120 Å². The first-order chi connectivity index (χ1) is 20.5. The van der Waals surface area contributed by atoms with Crippen LogP contribution in [-0.4, -0.2) is 31.2 Å². The summed E-state index contributed by atoms with van der Waals surface area (Å²) in [7, 11) is -3.77. The van der Waals surface area contributed by atoms with Gasteiger partial charge < -0.3 is 10.2 Å². The van der Waals surface area contributed by atoms with Crippen molar-refractivity contribution in [1.82, 2.24) is 4.72 Å². The Morgan fingerprint density at radius 1 is 0.930 bits per heavy atom. The van der Waals surface area contributed by atoms with E-state index in [4.69, 9.17) is 4.84 Å². The van der Waals surface area contributed by atoms with Crippen LogP contribution >= 0.6 is 0 Å². The zero-order valence-electron chi connectivity index (χ0n) is 24.2. The highest BCUT2D eigenvalue weighted by Crippen LogP contribution is 2.33. The van der Waals surface area contributed by atoms with Crippen molar-refractivity contribution in [3.8, 4) is 17.2 Å². The number of hydrogen-bond donors (Lipinski definition) is 2. The molecule has 1 aliphatic heterocycles. The molecule has 9 heteroatoms. The number of hydrogen-bond acceptors (Lipinski definition) is 6. The highest BCUT2D eigenvalue weighted by molar-refractivity contribution is 7.89. The van der Waals surface area contributed by atoms with Crippen molar-refractivity contribution < 1.29 is 18.0 Å². The molecule has 0 bridgehead atoms. The largest absolute Gasteiger partial charge is 0.378 e. The summed E-state index contributed by atoms with van der Waals surface area (Å²) in [6, 6.07) is 32.6. The van der Waals surface area contributed by atoms with Crippen molar-refractivity contribution in [2.45, 2.75) is 49.6 Å². The van der Waals surface area contributed by atoms with E-state index in [2.05, 4.69) is 21.3 Å². The lowest BCUT2D eigenvalue weighted by molar-refractivity contribution is -0.138. The zero-order valence-corrected chi connectivity index (χ0v) is 25.0. The third kappa shape index (κ3) is 6.83. The van der Waals surface area contributed by atoms with Crippen LogP contribution in [0, 0.1) is 11.3 Å². The van der Waals surface area contributed by atoms with E-state index in [0.29, 0.717) is 28.1 Å². The molecule has 1 aliphatic rings. The van der Waals surface area contributed by atoms with Gasteiger partial charge in [0.05, 0.1) is 22.2 Å². The molecule has 4 aromatic rings. The molecule has 0 saturated carbocycles. The summed E-state index contributed by atoms with van der Waals surface area (Å²) in [5, 5.41) is 16.6. The number of nitrogens with one attached hydrogen (secondary N) is 2. The van der Waals surface area contributed by atoms with Gasteiger partial charge in [-0.2, -0.15) is 5.26 Å². The fourth-order valence-electron chi connectivity index (χ4n) is 5.00. The molecule has 1 amide bonds. The number of nitrogens with zero attached hydrogens (tertiary/aromatic N) is 2. The van der Waals surface area contributed by atoms with Gasteiger partial charge in [-0.3, -0.25) is 4.79 Å². The second kappa shape index (κ2) is 11.8. The molecule has 4 aromatic carbocycles. The molecular formula is C34H32N4O4S. The van der Waals surface area contributed by atoms with Crippen LogP contribution in [0.15, 0.2) is 113 Å². The van der Waals surface area contributed by atoms with E-state index in [9.17, 15) is 18.5 Å². The molecule has 0 radical (unpaired) electrons. The van der Waals surface area contributed by atoms with E-state index in [1.165, 1.54) is 0 Å². The van der Waals surface area contributed by atoms with Crippen LogP contribution < -0.4 is 10.0 Å². The van der Waals surface area contributed by atoms with Crippen LogP contribution in [-0.2, 0) is 26.1 Å². The van der Waals surface area contributed by atoms with E-state index in [-0.39, 0.29) is 23.6 Å². The smallest absolute Gasteiger partial charge is 0.272 e. The maximum absolute atomic E-state index is 13.9. The lowest BCUT2D eigenvalue weighted by Crippen LogP contribution is -2.45. The second-order valence-electron chi connectivity index (χ2n) is 11.5. The van der Waals surface area contributed by atoms with E-state index in [0.717, 1.165) is 11.1 Å². The molecule has 1 atom stereocenters. The minimum atomic E-state index is -3.77. The number of carbonyl (C=O) groups is 1. The normalized spacial score (nSPS) is 16.6. The number of benzene rings is 4. The number of rotatable bonds is 8. The van der Waals surface area contributed by atoms with Gasteiger partial charge in [-0.05, 0) is 62.2 Å². The summed E-state index contributed by atoms with van der Waals surface area (Å²) in [5.74, 6) is -0.364. The van der Waals surface area contributed by atoms with Crippen molar-refractivity contribution in [2.75, 3.05) is 5.32 Å². The first-order valence-electron chi connectivity index (χ1n) is 13.8. The summed E-state index contributed by atoms with van der Waals surface area (Å²) < 4.78 is 29.0. The quantitative estimate of drug-likeness (QED) is 0.258. The van der Waals surface area contributed by atoms with Gasteiger partial charge in [0.1, 0.15) is 0 Å². The summed E-state index contributed by atoms with van der Waals surface area (Å²) in [6.45, 7) is 5.38. The molecule has 8 nitrogen and oxygen atoms in total. The molecule has 0 fully saturated rings. The zero-order chi connectivity index (χ0) is 30.7. The van der Waals surface area contributed by atoms with Gasteiger partial charge in [-0.15, -0.1) is 0 Å². The number of amides is 1. The number of oxime groups is 1. The predicted octanol–water partition coefficient (Wildman–Crippen LogP) is 6.05. The number of sulfonamides is 1. The number of nitriles is 1. The van der Waals surface area contributed by atoms with E-state index < -0.39 is 21.2 Å². The molecule has 0 aliphatic carbocycles. The van der Waals surface area contributed by atoms with Crippen LogP contribution in [0.5, 0.6) is 0 Å². The highest BCUT2D eigenvalue weighted by Gasteiger charge is 2.47. The van der Waals surface area contributed by atoms with Gasteiger partial charge in [0.2, 0.25) is 15.6 Å². The van der Waals surface area contributed by atoms with E-state index >= 15 is 0 Å². The van der Waals surface area contributed by atoms with Crippen LogP contribution in [0.2, 0.25) is 0 Å². The first kappa shape index (κ1) is 29.7. The maximum Gasteiger partial charge on any atom is 0.272 e. The molecule has 218 valence electrons. The average Bonchev–Trinajstić information content (AvgIpc) is 3.42. The van der Waals surface area contributed by atoms with Gasteiger partial charge in [0.15, 0.2) is 0 Å². The Labute approximate surface area is 252 Å². The Bertz CT molecular complexity index is 1820. The molecule has 1 unspecified atom stereocenters. The Kier molecular flexibility index (Phi) is 8.18. The molecule has 43 heavy (non-hydrogen) atoms.